The highest BCUT2D eigenvalue weighted by molar-refractivity contribution is 5.88. The minimum Gasteiger partial charge on any atom is -0.476 e. The van der Waals surface area contributed by atoms with Crippen molar-refractivity contribution in [3.63, 3.8) is 0 Å². The number of hydrogen-bond donors (Lipinski definition) is 2. The molecule has 90 valence electrons. The summed E-state index contributed by atoms with van der Waals surface area (Å²) in [6, 6.07) is 0. The van der Waals surface area contributed by atoms with Crippen molar-refractivity contribution < 1.29 is 23.1 Å². The van der Waals surface area contributed by atoms with Gasteiger partial charge in [-0.15, -0.1) is 0 Å². The van der Waals surface area contributed by atoms with Gasteiger partial charge in [-0.1, -0.05) is 20.8 Å². The van der Waals surface area contributed by atoms with Crippen molar-refractivity contribution in [1.82, 2.24) is 10.2 Å². The second-order valence-corrected chi connectivity index (χ2v) is 4.38. The Morgan fingerprint density at radius 1 is 1.31 bits per heavy atom. The molecule has 0 amide bonds. The molecule has 0 saturated carbocycles. The summed E-state index contributed by atoms with van der Waals surface area (Å²) >= 11 is 0. The molecule has 16 heavy (non-hydrogen) atoms. The maximum atomic E-state index is 12.6. The fourth-order valence-electron chi connectivity index (χ4n) is 1.43. The Bertz CT molecular complexity index is 415. The summed E-state index contributed by atoms with van der Waals surface area (Å²) < 4.78 is 37.8. The molecular weight excluding hydrogens is 225 g/mol. The number of aromatic nitrogens is 2. The molecule has 7 heteroatoms. The van der Waals surface area contributed by atoms with Gasteiger partial charge in [0.25, 0.3) is 0 Å². The van der Waals surface area contributed by atoms with Crippen molar-refractivity contribution in [2.45, 2.75) is 32.4 Å². The molecule has 1 rings (SSSR count). The largest absolute Gasteiger partial charge is 0.476 e. The number of carbonyl (C=O) groups is 1. The number of carboxylic acids is 1. The molecule has 0 aliphatic carbocycles. The summed E-state index contributed by atoms with van der Waals surface area (Å²) in [7, 11) is 0. The zero-order chi connectivity index (χ0) is 12.7. The van der Waals surface area contributed by atoms with Gasteiger partial charge in [0.2, 0.25) is 0 Å². The van der Waals surface area contributed by atoms with E-state index >= 15 is 0 Å². The highest BCUT2D eigenvalue weighted by Crippen LogP contribution is 2.37. The van der Waals surface area contributed by atoms with Crippen LogP contribution in [0.5, 0.6) is 0 Å². The smallest absolute Gasteiger partial charge is 0.433 e. The van der Waals surface area contributed by atoms with E-state index in [0.29, 0.717) is 0 Å². The van der Waals surface area contributed by atoms with Crippen molar-refractivity contribution in [2.24, 2.45) is 0 Å². The first-order valence-electron chi connectivity index (χ1n) is 4.44. The van der Waals surface area contributed by atoms with Crippen molar-refractivity contribution >= 4 is 5.97 Å². The van der Waals surface area contributed by atoms with Crippen LogP contribution in [0.4, 0.5) is 13.2 Å². The lowest BCUT2D eigenvalue weighted by atomic mass is 9.85. The standard InChI is InChI=1S/C9H11F3N2O2/c1-8(2,3)4-5(7(15)16)13-14-6(4)9(10,11)12/h1-3H3,(H,13,14)(H,15,16). The van der Waals surface area contributed by atoms with Crippen LogP contribution in [0.15, 0.2) is 0 Å². The molecule has 1 aromatic rings. The average Bonchev–Trinajstić information content (AvgIpc) is 2.43. The van der Waals surface area contributed by atoms with Gasteiger partial charge in [0.1, 0.15) is 5.69 Å². The van der Waals surface area contributed by atoms with Crippen LogP contribution in [0.25, 0.3) is 0 Å². The summed E-state index contributed by atoms with van der Waals surface area (Å²) in [5, 5.41) is 13.7. The monoisotopic (exact) mass is 236 g/mol. The van der Waals surface area contributed by atoms with Crippen molar-refractivity contribution in [3.8, 4) is 0 Å². The Hall–Kier alpha value is -1.53. The van der Waals surface area contributed by atoms with Crippen LogP contribution in [-0.4, -0.2) is 21.3 Å². The van der Waals surface area contributed by atoms with E-state index in [4.69, 9.17) is 5.11 Å². The maximum Gasteiger partial charge on any atom is 0.433 e. The Kier molecular flexibility index (Phi) is 2.74. The molecule has 1 heterocycles. The van der Waals surface area contributed by atoms with Gasteiger partial charge in [0.15, 0.2) is 5.69 Å². The highest BCUT2D eigenvalue weighted by atomic mass is 19.4. The average molecular weight is 236 g/mol. The molecule has 0 aromatic carbocycles. The number of aromatic amines is 1. The zero-order valence-electron chi connectivity index (χ0n) is 8.94. The molecule has 4 nitrogen and oxygen atoms in total. The Morgan fingerprint density at radius 2 is 1.81 bits per heavy atom. The van der Waals surface area contributed by atoms with E-state index in [0.717, 1.165) is 0 Å². The third-order valence-electron chi connectivity index (χ3n) is 2.00. The Morgan fingerprint density at radius 3 is 2.12 bits per heavy atom. The minimum atomic E-state index is -4.64. The third-order valence-corrected chi connectivity index (χ3v) is 2.00. The lowest BCUT2D eigenvalue weighted by Gasteiger charge is -2.20. The number of nitrogens with zero attached hydrogens (tertiary/aromatic N) is 1. The van der Waals surface area contributed by atoms with E-state index in [1.165, 1.54) is 20.8 Å². The SMILES string of the molecule is CC(C)(C)c1c(C(=O)O)n[nH]c1C(F)(F)F. The van der Waals surface area contributed by atoms with Crippen LogP contribution in [-0.2, 0) is 11.6 Å². The van der Waals surface area contributed by atoms with Crippen LogP contribution < -0.4 is 0 Å². The molecule has 0 unspecified atom stereocenters. The number of alkyl halides is 3. The minimum absolute atomic E-state index is 0.326. The number of hydrogen-bond acceptors (Lipinski definition) is 2. The van der Waals surface area contributed by atoms with E-state index < -0.39 is 28.9 Å². The molecular formula is C9H11F3N2O2. The summed E-state index contributed by atoms with van der Waals surface area (Å²) in [6.07, 6.45) is -4.64. The number of rotatable bonds is 1. The van der Waals surface area contributed by atoms with Crippen LogP contribution in [0.3, 0.4) is 0 Å². The first-order chi connectivity index (χ1) is 7.05. The first-order valence-corrected chi connectivity index (χ1v) is 4.44. The van der Waals surface area contributed by atoms with E-state index in [1.807, 2.05) is 0 Å². The van der Waals surface area contributed by atoms with Crippen molar-refractivity contribution in [1.29, 1.82) is 0 Å². The highest BCUT2D eigenvalue weighted by Gasteiger charge is 2.41. The summed E-state index contributed by atoms with van der Waals surface area (Å²) in [5.74, 6) is -1.48. The lowest BCUT2D eigenvalue weighted by molar-refractivity contribution is -0.142. The molecule has 0 aliphatic rings. The van der Waals surface area contributed by atoms with Gasteiger partial charge >= 0.3 is 12.1 Å². The molecule has 0 atom stereocenters. The topological polar surface area (TPSA) is 66.0 Å². The van der Waals surface area contributed by atoms with E-state index in [2.05, 4.69) is 5.10 Å². The number of H-pyrrole nitrogens is 1. The van der Waals surface area contributed by atoms with Gasteiger partial charge < -0.3 is 5.11 Å². The molecule has 0 spiro atoms. The molecule has 2 N–H and O–H groups in total. The van der Waals surface area contributed by atoms with Crippen LogP contribution in [0.1, 0.15) is 42.5 Å². The van der Waals surface area contributed by atoms with E-state index in [1.54, 1.807) is 5.10 Å². The van der Waals surface area contributed by atoms with Gasteiger partial charge in [-0.2, -0.15) is 18.3 Å². The Balaban J connectivity index is 3.50. The molecule has 0 aliphatic heterocycles. The fraction of sp³-hybridized carbons (Fsp3) is 0.556. The molecule has 0 radical (unpaired) electrons. The van der Waals surface area contributed by atoms with E-state index in [-0.39, 0.29) is 5.56 Å². The van der Waals surface area contributed by atoms with Gasteiger partial charge in [0.05, 0.1) is 0 Å². The van der Waals surface area contributed by atoms with Crippen LogP contribution in [0, 0.1) is 0 Å². The zero-order valence-corrected chi connectivity index (χ0v) is 8.94. The van der Waals surface area contributed by atoms with Gasteiger partial charge in [0, 0.05) is 5.56 Å². The summed E-state index contributed by atoms with van der Waals surface area (Å²) in [6.45, 7) is 4.50. The third kappa shape index (κ3) is 2.17. The van der Waals surface area contributed by atoms with Crippen molar-refractivity contribution in [3.05, 3.63) is 17.0 Å². The molecule has 1 aromatic heterocycles. The first kappa shape index (κ1) is 12.5. The lowest BCUT2D eigenvalue weighted by Crippen LogP contribution is -2.21. The number of aromatic carboxylic acids is 1. The van der Waals surface area contributed by atoms with E-state index in [9.17, 15) is 18.0 Å². The predicted molar refractivity (Wildman–Crippen MR) is 49.2 cm³/mol. The predicted octanol–water partition coefficient (Wildman–Crippen LogP) is 2.42. The number of nitrogens with one attached hydrogen (secondary N) is 1. The normalized spacial score (nSPS) is 12.9. The number of halogens is 3. The Labute approximate surface area is 89.5 Å². The van der Waals surface area contributed by atoms with Crippen molar-refractivity contribution in [2.75, 3.05) is 0 Å². The molecule has 0 bridgehead atoms. The van der Waals surface area contributed by atoms with Crippen LogP contribution in [0.2, 0.25) is 0 Å². The number of carboxylic acid groups (broad SMARTS) is 1. The van der Waals surface area contributed by atoms with Crippen LogP contribution >= 0.6 is 0 Å². The second kappa shape index (κ2) is 3.50. The van der Waals surface area contributed by atoms with Gasteiger partial charge in [-0.05, 0) is 5.41 Å². The maximum absolute atomic E-state index is 12.6. The fourth-order valence-corrected chi connectivity index (χ4v) is 1.43. The molecule has 0 fully saturated rings. The van der Waals surface area contributed by atoms with Gasteiger partial charge in [-0.3, -0.25) is 5.10 Å². The quantitative estimate of drug-likeness (QED) is 0.786. The van der Waals surface area contributed by atoms with Gasteiger partial charge in [-0.25, -0.2) is 4.79 Å². The molecule has 0 saturated heterocycles. The summed E-state index contributed by atoms with van der Waals surface area (Å²) in [5.41, 5.74) is -2.96. The summed E-state index contributed by atoms with van der Waals surface area (Å²) in [4.78, 5) is 10.8. The second-order valence-electron chi connectivity index (χ2n) is 4.38.